The monoisotopic (exact) mass is 476 g/mol. The lowest BCUT2D eigenvalue weighted by molar-refractivity contribution is -0.127. The van der Waals surface area contributed by atoms with Crippen LogP contribution in [0.15, 0.2) is 34.8 Å². The van der Waals surface area contributed by atoms with Gasteiger partial charge in [-0.2, -0.15) is 0 Å². The molecule has 1 amide bonds. The number of benzene rings is 2. The van der Waals surface area contributed by atoms with Crippen LogP contribution in [-0.4, -0.2) is 55.8 Å². The summed E-state index contributed by atoms with van der Waals surface area (Å²) in [7, 11) is 1.66. The van der Waals surface area contributed by atoms with Crippen LogP contribution in [0.2, 0.25) is 0 Å². The van der Waals surface area contributed by atoms with Crippen LogP contribution < -0.4 is 14.2 Å². The average Bonchev–Trinajstić information content (AvgIpc) is 3.43. The first-order chi connectivity index (χ1) is 16.9. The summed E-state index contributed by atoms with van der Waals surface area (Å²) in [5.74, 6) is 3.29. The van der Waals surface area contributed by atoms with Gasteiger partial charge < -0.3 is 23.5 Å². The van der Waals surface area contributed by atoms with Crippen LogP contribution in [0.4, 0.5) is 0 Å². The van der Waals surface area contributed by atoms with E-state index < -0.39 is 0 Å². The van der Waals surface area contributed by atoms with E-state index in [2.05, 4.69) is 24.0 Å². The van der Waals surface area contributed by atoms with Gasteiger partial charge in [0.05, 0.1) is 7.11 Å². The maximum atomic E-state index is 13.1. The van der Waals surface area contributed by atoms with E-state index in [1.54, 1.807) is 13.2 Å². The van der Waals surface area contributed by atoms with E-state index in [1.807, 2.05) is 37.8 Å². The number of methoxy groups -OCH3 is 1. The van der Waals surface area contributed by atoms with Gasteiger partial charge >= 0.3 is 0 Å². The third-order valence-corrected chi connectivity index (χ3v) is 7.14. The third-order valence-electron chi connectivity index (χ3n) is 7.14. The summed E-state index contributed by atoms with van der Waals surface area (Å²) >= 11 is 0. The van der Waals surface area contributed by atoms with Crippen molar-refractivity contribution in [3.8, 4) is 17.2 Å². The summed E-state index contributed by atoms with van der Waals surface area (Å²) < 4.78 is 22.6. The Morgan fingerprint density at radius 3 is 2.51 bits per heavy atom. The van der Waals surface area contributed by atoms with Gasteiger partial charge in [0.15, 0.2) is 11.5 Å². The molecule has 0 bridgehead atoms. The number of fused-ring (bicyclic) bond motifs is 2. The number of carbonyl (C=O) groups is 1. The van der Waals surface area contributed by atoms with E-state index in [0.717, 1.165) is 75.9 Å². The van der Waals surface area contributed by atoms with Gasteiger partial charge in [0, 0.05) is 55.3 Å². The second-order valence-electron chi connectivity index (χ2n) is 9.36. The van der Waals surface area contributed by atoms with Crippen LogP contribution >= 0.6 is 0 Å². The lowest BCUT2D eigenvalue weighted by Crippen LogP contribution is -2.47. The van der Waals surface area contributed by atoms with Crippen molar-refractivity contribution in [3.05, 3.63) is 58.4 Å². The van der Waals surface area contributed by atoms with Crippen molar-refractivity contribution >= 4 is 22.4 Å². The Kier molecular flexibility index (Phi) is 6.19. The molecular formula is C28H32N2O5. The van der Waals surface area contributed by atoms with Gasteiger partial charge in [-0.05, 0) is 62.6 Å². The molecule has 2 aliphatic heterocycles. The van der Waals surface area contributed by atoms with E-state index in [4.69, 9.17) is 18.6 Å². The molecule has 5 rings (SSSR count). The number of furan rings is 1. The number of allylic oxidation sites excluding steroid dienone is 1. The van der Waals surface area contributed by atoms with Crippen LogP contribution in [0, 0.1) is 20.8 Å². The average molecular weight is 477 g/mol. The molecule has 7 heteroatoms. The Hall–Kier alpha value is -3.45. The third kappa shape index (κ3) is 4.36. The maximum absolute atomic E-state index is 13.1. The smallest absolute Gasteiger partial charge is 0.246 e. The molecule has 2 aromatic carbocycles. The van der Waals surface area contributed by atoms with Crippen LogP contribution in [-0.2, 0) is 11.3 Å². The summed E-state index contributed by atoms with van der Waals surface area (Å²) in [5.41, 5.74) is 5.91. The number of carbonyl (C=O) groups excluding carboxylic acids is 1. The molecule has 0 unspecified atom stereocenters. The molecule has 0 radical (unpaired) electrons. The molecule has 0 atom stereocenters. The SMILES string of the molecule is COc1c(/C(C)=C/C(=O)N2CCN(Cc3ccc4c(c3)OCO4)CC2)cc2c(C)c(C)oc2c1C. The van der Waals surface area contributed by atoms with Gasteiger partial charge in [-0.15, -0.1) is 0 Å². The van der Waals surface area contributed by atoms with Crippen molar-refractivity contribution in [2.24, 2.45) is 0 Å². The first-order valence-electron chi connectivity index (χ1n) is 12.0. The van der Waals surface area contributed by atoms with Gasteiger partial charge in [0.1, 0.15) is 17.1 Å². The lowest BCUT2D eigenvalue weighted by atomic mass is 9.98. The zero-order valence-electron chi connectivity index (χ0n) is 21.1. The van der Waals surface area contributed by atoms with Crippen molar-refractivity contribution in [1.29, 1.82) is 0 Å². The molecule has 0 spiro atoms. The molecule has 1 aromatic heterocycles. The molecule has 1 fully saturated rings. The molecule has 184 valence electrons. The Morgan fingerprint density at radius 2 is 1.77 bits per heavy atom. The highest BCUT2D eigenvalue weighted by Crippen LogP contribution is 2.38. The summed E-state index contributed by atoms with van der Waals surface area (Å²) in [5, 5.41) is 1.06. The van der Waals surface area contributed by atoms with Crippen molar-refractivity contribution in [2.45, 2.75) is 34.2 Å². The molecular weight excluding hydrogens is 444 g/mol. The van der Waals surface area contributed by atoms with E-state index in [-0.39, 0.29) is 12.7 Å². The Labute approximate surface area is 205 Å². The van der Waals surface area contributed by atoms with Crippen LogP contribution in [0.5, 0.6) is 17.2 Å². The largest absolute Gasteiger partial charge is 0.496 e. The highest BCUT2D eigenvalue weighted by atomic mass is 16.7. The fraction of sp³-hybridized carbons (Fsp3) is 0.393. The van der Waals surface area contributed by atoms with Crippen molar-refractivity contribution in [3.63, 3.8) is 0 Å². The normalized spacial score (nSPS) is 16.3. The number of ether oxygens (including phenoxy) is 3. The number of piperazine rings is 1. The van der Waals surface area contributed by atoms with E-state index in [1.165, 1.54) is 5.56 Å². The second kappa shape index (κ2) is 9.30. The standard InChI is InChI=1S/C28H32N2O5/c1-17(22-14-23-18(2)20(4)35-28(23)19(3)27(22)32-5)12-26(31)30-10-8-29(9-11-30)15-21-6-7-24-25(13-21)34-16-33-24/h6-7,12-14H,8-11,15-16H2,1-5H3/b17-12+. The van der Waals surface area contributed by atoms with E-state index >= 15 is 0 Å². The van der Waals surface area contributed by atoms with Gasteiger partial charge in [0.2, 0.25) is 12.7 Å². The Balaban J connectivity index is 1.27. The molecule has 0 N–H and O–H groups in total. The van der Waals surface area contributed by atoms with Gasteiger partial charge in [-0.25, -0.2) is 0 Å². The zero-order chi connectivity index (χ0) is 24.7. The fourth-order valence-electron chi connectivity index (χ4n) is 4.95. The topological polar surface area (TPSA) is 64.4 Å². The summed E-state index contributed by atoms with van der Waals surface area (Å²) in [6.45, 7) is 12.2. The van der Waals surface area contributed by atoms with Gasteiger partial charge in [-0.1, -0.05) is 6.07 Å². The number of rotatable bonds is 5. The van der Waals surface area contributed by atoms with Gasteiger partial charge in [-0.3, -0.25) is 9.69 Å². The summed E-state index contributed by atoms with van der Waals surface area (Å²) in [4.78, 5) is 17.4. The second-order valence-corrected chi connectivity index (χ2v) is 9.36. The summed E-state index contributed by atoms with van der Waals surface area (Å²) in [6, 6.07) is 8.16. The lowest BCUT2D eigenvalue weighted by Gasteiger charge is -2.34. The zero-order valence-corrected chi connectivity index (χ0v) is 21.1. The number of nitrogens with zero attached hydrogens (tertiary/aromatic N) is 2. The minimum absolute atomic E-state index is 0.0325. The molecule has 3 heterocycles. The molecule has 0 saturated carbocycles. The van der Waals surface area contributed by atoms with Crippen molar-refractivity contribution in [2.75, 3.05) is 40.1 Å². The Bertz CT molecular complexity index is 1310. The highest BCUT2D eigenvalue weighted by molar-refractivity contribution is 5.98. The number of hydrogen-bond donors (Lipinski definition) is 0. The maximum Gasteiger partial charge on any atom is 0.246 e. The molecule has 7 nitrogen and oxygen atoms in total. The van der Waals surface area contributed by atoms with Crippen LogP contribution in [0.25, 0.3) is 16.5 Å². The highest BCUT2D eigenvalue weighted by Gasteiger charge is 2.23. The van der Waals surface area contributed by atoms with E-state index in [9.17, 15) is 4.79 Å². The van der Waals surface area contributed by atoms with Crippen LogP contribution in [0.1, 0.15) is 34.9 Å². The fourth-order valence-corrected chi connectivity index (χ4v) is 4.95. The predicted molar refractivity (Wildman–Crippen MR) is 135 cm³/mol. The number of amides is 1. The first kappa shape index (κ1) is 23.3. The van der Waals surface area contributed by atoms with Gasteiger partial charge in [0.25, 0.3) is 0 Å². The van der Waals surface area contributed by atoms with Crippen LogP contribution in [0.3, 0.4) is 0 Å². The summed E-state index contributed by atoms with van der Waals surface area (Å²) in [6.07, 6.45) is 1.74. The molecule has 2 aliphatic rings. The van der Waals surface area contributed by atoms with Crippen molar-refractivity contribution in [1.82, 2.24) is 9.80 Å². The molecule has 0 aliphatic carbocycles. The minimum atomic E-state index is 0.0325. The molecule has 3 aromatic rings. The number of hydrogen-bond acceptors (Lipinski definition) is 6. The quantitative estimate of drug-likeness (QED) is 0.491. The molecule has 1 saturated heterocycles. The molecule has 35 heavy (non-hydrogen) atoms. The van der Waals surface area contributed by atoms with E-state index in [0.29, 0.717) is 13.1 Å². The van der Waals surface area contributed by atoms with Crippen molar-refractivity contribution < 1.29 is 23.4 Å². The number of aryl methyl sites for hydroxylation is 3. The minimum Gasteiger partial charge on any atom is -0.496 e. The predicted octanol–water partition coefficient (Wildman–Crippen LogP) is 4.84. The Morgan fingerprint density at radius 1 is 1.03 bits per heavy atom. The first-order valence-corrected chi connectivity index (χ1v) is 12.0.